The van der Waals surface area contributed by atoms with Crippen molar-refractivity contribution in [3.8, 4) is 29.0 Å². The molecule has 2 N–H and O–H groups in total. The number of ether oxygens (including phenoxy) is 2. The van der Waals surface area contributed by atoms with Crippen LogP contribution in [0.4, 0.5) is 5.69 Å². The van der Waals surface area contributed by atoms with Crippen LogP contribution in [0.15, 0.2) is 83.5 Å². The second-order valence-electron chi connectivity index (χ2n) is 13.9. The van der Waals surface area contributed by atoms with Gasteiger partial charge in [-0.3, -0.25) is 29.4 Å². The van der Waals surface area contributed by atoms with Gasteiger partial charge in [0, 0.05) is 49.5 Å². The summed E-state index contributed by atoms with van der Waals surface area (Å²) in [5, 5.41) is 9.55. The number of imide groups is 2. The Balaban J connectivity index is 0.839. The summed E-state index contributed by atoms with van der Waals surface area (Å²) < 4.78 is 17.2. The van der Waals surface area contributed by atoms with Gasteiger partial charge in [-0.1, -0.05) is 43.3 Å². The van der Waals surface area contributed by atoms with Gasteiger partial charge in [0.25, 0.3) is 11.8 Å². The number of piperidine rings is 1. The maximum absolute atomic E-state index is 13.2. The molecule has 0 bridgehead atoms. The molecule has 4 amide bonds. The lowest BCUT2D eigenvalue weighted by molar-refractivity contribution is -0.136. The molecule has 1 aliphatic carbocycles. The number of nitrogens with zero attached hydrogens (tertiary/aromatic N) is 5. The van der Waals surface area contributed by atoms with E-state index in [4.69, 9.17) is 14.0 Å². The van der Waals surface area contributed by atoms with Crippen LogP contribution < -0.4 is 20.1 Å². The maximum atomic E-state index is 13.2. The number of benzene rings is 3. The van der Waals surface area contributed by atoms with Crippen molar-refractivity contribution in [3.63, 3.8) is 0 Å². The van der Waals surface area contributed by atoms with Crippen LogP contribution >= 0.6 is 0 Å². The van der Waals surface area contributed by atoms with Crippen molar-refractivity contribution in [3.05, 3.63) is 107 Å². The van der Waals surface area contributed by atoms with E-state index in [9.17, 15) is 19.2 Å². The first-order valence-electron chi connectivity index (χ1n) is 17.3. The summed E-state index contributed by atoms with van der Waals surface area (Å²) in [6.07, 6.45) is 3.34. The summed E-state index contributed by atoms with van der Waals surface area (Å²) in [5.41, 5.74) is 3.64. The SMILES string of the molecule is Cc1nc(-c2ccnc(Oc3ccc(C(C)(C)c4ccc(O[C@H]5C[C@H](Nc6ccc7c(c6)C(=O)N(C6CCC(=O)NC6=O)C7=O)C5)cc4)cc3)n2)no1. The van der Waals surface area contributed by atoms with Gasteiger partial charge >= 0.3 is 6.01 Å². The van der Waals surface area contributed by atoms with E-state index in [1.165, 1.54) is 0 Å². The lowest BCUT2D eigenvalue weighted by Gasteiger charge is -2.36. The molecule has 1 unspecified atom stereocenters. The molecule has 0 radical (unpaired) electrons. The first-order valence-corrected chi connectivity index (χ1v) is 17.3. The lowest BCUT2D eigenvalue weighted by Crippen LogP contribution is -2.54. The average Bonchev–Trinajstić information content (AvgIpc) is 3.67. The first-order chi connectivity index (χ1) is 25.5. The molecule has 2 aliphatic heterocycles. The number of fused-ring (bicyclic) bond motifs is 1. The van der Waals surface area contributed by atoms with Gasteiger partial charge in [0.1, 0.15) is 29.3 Å². The predicted octanol–water partition coefficient (Wildman–Crippen LogP) is 5.38. The van der Waals surface area contributed by atoms with E-state index < -0.39 is 29.7 Å². The fourth-order valence-electron chi connectivity index (χ4n) is 6.85. The standard InChI is InChI=1S/C39H35N7O7/c1-21-41-34(45-53-21)31-16-17-40-38(43-31)52-27-11-6-23(7-12-27)39(2,3)22-4-9-26(10-5-22)51-28-18-25(19-28)42-24-8-13-29-30(20-24)37(50)46(36(29)49)32-14-15-33(47)44-35(32)48/h4-13,16-17,20,25,28,32,42H,14-15,18-19H2,1-3H3,(H,44,47,48)/t25-,28-,32?. The molecule has 14 heteroatoms. The number of hydrogen-bond acceptors (Lipinski definition) is 12. The van der Waals surface area contributed by atoms with Crippen molar-refractivity contribution in [1.29, 1.82) is 0 Å². The summed E-state index contributed by atoms with van der Waals surface area (Å²) in [6, 6.07) is 22.0. The van der Waals surface area contributed by atoms with Gasteiger partial charge in [-0.25, -0.2) is 4.98 Å². The molecule has 3 aromatic carbocycles. The zero-order chi connectivity index (χ0) is 36.9. The Morgan fingerprint density at radius 1 is 0.868 bits per heavy atom. The summed E-state index contributed by atoms with van der Waals surface area (Å²) in [4.78, 5) is 63.9. The van der Waals surface area contributed by atoms with E-state index >= 15 is 0 Å². The molecule has 14 nitrogen and oxygen atoms in total. The van der Waals surface area contributed by atoms with Crippen LogP contribution in [0.25, 0.3) is 11.5 Å². The Morgan fingerprint density at radius 3 is 2.25 bits per heavy atom. The van der Waals surface area contributed by atoms with Crippen LogP contribution in [-0.2, 0) is 15.0 Å². The van der Waals surface area contributed by atoms with E-state index in [1.54, 1.807) is 37.4 Å². The molecule has 53 heavy (non-hydrogen) atoms. The van der Waals surface area contributed by atoms with Crippen LogP contribution in [0.1, 0.15) is 77.3 Å². The Bertz CT molecular complexity index is 2250. The Hall–Kier alpha value is -6.44. The molecule has 2 fully saturated rings. The highest BCUT2D eigenvalue weighted by Crippen LogP contribution is 2.36. The van der Waals surface area contributed by atoms with Crippen molar-refractivity contribution < 1.29 is 33.2 Å². The van der Waals surface area contributed by atoms with Crippen molar-refractivity contribution in [2.24, 2.45) is 0 Å². The van der Waals surface area contributed by atoms with E-state index in [2.05, 4.69) is 56.7 Å². The van der Waals surface area contributed by atoms with Gasteiger partial charge in [0.05, 0.1) is 11.1 Å². The largest absolute Gasteiger partial charge is 0.490 e. The van der Waals surface area contributed by atoms with Crippen LogP contribution in [0, 0.1) is 6.92 Å². The summed E-state index contributed by atoms with van der Waals surface area (Å²) in [5.74, 6) is 0.112. The molecule has 0 spiro atoms. The molecule has 2 aromatic heterocycles. The monoisotopic (exact) mass is 713 g/mol. The number of carbonyl (C=O) groups excluding carboxylic acids is 4. The minimum Gasteiger partial charge on any atom is -0.490 e. The molecule has 1 saturated heterocycles. The number of hydrogen-bond donors (Lipinski definition) is 2. The highest BCUT2D eigenvalue weighted by molar-refractivity contribution is 6.23. The fourth-order valence-corrected chi connectivity index (χ4v) is 6.85. The quantitative estimate of drug-likeness (QED) is 0.177. The second-order valence-corrected chi connectivity index (χ2v) is 13.9. The molecule has 8 rings (SSSR count). The molecular formula is C39H35N7O7. The highest BCUT2D eigenvalue weighted by Gasteiger charge is 2.45. The van der Waals surface area contributed by atoms with E-state index in [1.807, 2.05) is 36.4 Å². The lowest BCUT2D eigenvalue weighted by atomic mass is 9.78. The third kappa shape index (κ3) is 6.59. The van der Waals surface area contributed by atoms with Gasteiger partial charge in [-0.2, -0.15) is 9.97 Å². The highest BCUT2D eigenvalue weighted by atomic mass is 16.5. The van der Waals surface area contributed by atoms with Crippen molar-refractivity contribution in [1.82, 2.24) is 30.3 Å². The summed E-state index contributed by atoms with van der Waals surface area (Å²) in [7, 11) is 0. The number of carbonyl (C=O) groups is 4. The van der Waals surface area contributed by atoms with E-state index in [-0.39, 0.29) is 47.5 Å². The van der Waals surface area contributed by atoms with Crippen LogP contribution in [-0.4, -0.2) is 66.8 Å². The van der Waals surface area contributed by atoms with Gasteiger partial charge in [0.2, 0.25) is 23.5 Å². The van der Waals surface area contributed by atoms with Crippen LogP contribution in [0.3, 0.4) is 0 Å². The van der Waals surface area contributed by atoms with Gasteiger partial charge < -0.3 is 19.3 Å². The van der Waals surface area contributed by atoms with Gasteiger partial charge in [0.15, 0.2) is 0 Å². The topological polar surface area (TPSA) is 179 Å². The number of nitrogens with one attached hydrogen (secondary N) is 2. The number of aromatic nitrogens is 4. The zero-order valence-electron chi connectivity index (χ0n) is 29.2. The number of amides is 4. The van der Waals surface area contributed by atoms with Crippen molar-refractivity contribution in [2.45, 2.75) is 70.1 Å². The third-order valence-corrected chi connectivity index (χ3v) is 9.96. The molecule has 4 heterocycles. The summed E-state index contributed by atoms with van der Waals surface area (Å²) in [6.45, 7) is 6.04. The Kier molecular flexibility index (Phi) is 8.44. The predicted molar refractivity (Wildman–Crippen MR) is 189 cm³/mol. The molecular weight excluding hydrogens is 678 g/mol. The average molecular weight is 714 g/mol. The molecule has 5 aromatic rings. The molecule has 268 valence electrons. The van der Waals surface area contributed by atoms with E-state index in [0.717, 1.165) is 34.6 Å². The van der Waals surface area contributed by atoms with Crippen molar-refractivity contribution in [2.75, 3.05) is 5.32 Å². The third-order valence-electron chi connectivity index (χ3n) is 9.96. The first kappa shape index (κ1) is 33.7. The molecule has 3 aliphatic rings. The molecule has 1 saturated carbocycles. The second kappa shape index (κ2) is 13.3. The smallest absolute Gasteiger partial charge is 0.322 e. The van der Waals surface area contributed by atoms with Gasteiger partial charge in [-0.15, -0.1) is 0 Å². The minimum absolute atomic E-state index is 0.0283. The number of aryl methyl sites for hydroxylation is 1. The zero-order valence-corrected chi connectivity index (χ0v) is 29.2. The molecule has 1 atom stereocenters. The van der Waals surface area contributed by atoms with Gasteiger partial charge in [-0.05, 0) is 66.1 Å². The maximum Gasteiger partial charge on any atom is 0.322 e. The number of rotatable bonds is 10. The Morgan fingerprint density at radius 2 is 1.57 bits per heavy atom. The normalized spacial score (nSPS) is 19.8. The van der Waals surface area contributed by atoms with Crippen molar-refractivity contribution >= 4 is 29.3 Å². The Labute approximate surface area is 303 Å². The van der Waals surface area contributed by atoms with Crippen LogP contribution in [0.2, 0.25) is 0 Å². The van der Waals surface area contributed by atoms with Crippen LogP contribution in [0.5, 0.6) is 17.5 Å². The fraction of sp³-hybridized carbons (Fsp3) is 0.282. The summed E-state index contributed by atoms with van der Waals surface area (Å²) >= 11 is 0. The van der Waals surface area contributed by atoms with E-state index in [0.29, 0.717) is 28.8 Å². The minimum atomic E-state index is -0.992. The number of anilines is 1.